The quantitative estimate of drug-likeness (QED) is 0.764. The molecule has 0 spiro atoms. The van der Waals surface area contributed by atoms with Crippen LogP contribution in [0, 0.1) is 12.8 Å². The molecule has 0 aliphatic heterocycles. The van der Waals surface area contributed by atoms with Gasteiger partial charge in [0.15, 0.2) is 0 Å². The van der Waals surface area contributed by atoms with Gasteiger partial charge in [0, 0.05) is 4.88 Å². The van der Waals surface area contributed by atoms with Crippen LogP contribution in [0.1, 0.15) is 55.9 Å². The van der Waals surface area contributed by atoms with Gasteiger partial charge in [0.1, 0.15) is 0 Å². The van der Waals surface area contributed by atoms with Crippen LogP contribution in [0.2, 0.25) is 0 Å². The van der Waals surface area contributed by atoms with E-state index in [9.17, 15) is 5.11 Å². The smallest absolute Gasteiger partial charge is 0.0990 e. The molecule has 1 aromatic heterocycles. The number of hydrogen-bond acceptors (Lipinski definition) is 2. The zero-order chi connectivity index (χ0) is 11.6. The number of aryl methyl sites for hydroxylation is 1. The van der Waals surface area contributed by atoms with E-state index in [0.717, 1.165) is 0 Å². The average Bonchev–Trinajstić information content (AvgIpc) is 2.55. The Morgan fingerprint density at radius 1 is 1.25 bits per heavy atom. The van der Waals surface area contributed by atoms with E-state index >= 15 is 0 Å². The van der Waals surface area contributed by atoms with E-state index in [1.807, 2.05) is 6.92 Å². The molecule has 2 heteroatoms. The Kier molecular flexibility index (Phi) is 3.70. The van der Waals surface area contributed by atoms with E-state index in [0.29, 0.717) is 5.92 Å². The van der Waals surface area contributed by atoms with E-state index < -0.39 is 5.60 Å². The number of thiophene rings is 1. The van der Waals surface area contributed by atoms with Crippen LogP contribution < -0.4 is 0 Å². The van der Waals surface area contributed by atoms with E-state index in [-0.39, 0.29) is 0 Å². The standard InChI is InChI=1S/C14H22OS/c1-11-9-10-16-13(11)14(2,15)12-7-5-3-4-6-8-12/h9-10,12,15H,3-8H2,1-2H3. The monoisotopic (exact) mass is 238 g/mol. The Hall–Kier alpha value is -0.340. The first-order valence-corrected chi connectivity index (χ1v) is 7.27. The van der Waals surface area contributed by atoms with Crippen LogP contribution in [-0.4, -0.2) is 5.11 Å². The highest BCUT2D eigenvalue weighted by Crippen LogP contribution is 2.41. The number of aliphatic hydroxyl groups is 1. The highest BCUT2D eigenvalue weighted by molar-refractivity contribution is 7.10. The maximum Gasteiger partial charge on any atom is 0.0990 e. The van der Waals surface area contributed by atoms with Gasteiger partial charge in [-0.25, -0.2) is 0 Å². The molecule has 1 heterocycles. The van der Waals surface area contributed by atoms with Crippen LogP contribution >= 0.6 is 11.3 Å². The Morgan fingerprint density at radius 2 is 1.88 bits per heavy atom. The summed E-state index contributed by atoms with van der Waals surface area (Å²) in [5.41, 5.74) is 0.641. The second-order valence-electron chi connectivity index (χ2n) is 5.27. The molecule has 0 aromatic carbocycles. The van der Waals surface area contributed by atoms with E-state index in [4.69, 9.17) is 0 Å². The molecule has 1 nitrogen and oxygen atoms in total. The summed E-state index contributed by atoms with van der Waals surface area (Å²) in [5, 5.41) is 12.9. The summed E-state index contributed by atoms with van der Waals surface area (Å²) >= 11 is 1.71. The van der Waals surface area contributed by atoms with Crippen LogP contribution in [0.15, 0.2) is 11.4 Å². The number of hydrogen-bond donors (Lipinski definition) is 1. The molecule has 1 fully saturated rings. The summed E-state index contributed by atoms with van der Waals surface area (Å²) in [6.07, 6.45) is 7.62. The van der Waals surface area contributed by atoms with Crippen molar-refractivity contribution < 1.29 is 5.11 Å². The predicted molar refractivity (Wildman–Crippen MR) is 69.8 cm³/mol. The SMILES string of the molecule is Cc1ccsc1C(C)(O)C1CCCCCC1. The van der Waals surface area contributed by atoms with Crippen LogP contribution in [0.5, 0.6) is 0 Å². The topological polar surface area (TPSA) is 20.2 Å². The van der Waals surface area contributed by atoms with Crippen molar-refractivity contribution in [1.29, 1.82) is 0 Å². The third-order valence-corrected chi connectivity index (χ3v) is 5.22. The van der Waals surface area contributed by atoms with Gasteiger partial charge in [-0.1, -0.05) is 25.7 Å². The average molecular weight is 238 g/mol. The summed E-state index contributed by atoms with van der Waals surface area (Å²) in [4.78, 5) is 1.18. The van der Waals surface area contributed by atoms with Gasteiger partial charge >= 0.3 is 0 Å². The lowest BCUT2D eigenvalue weighted by Crippen LogP contribution is -2.31. The molecule has 0 bridgehead atoms. The molecule has 1 unspecified atom stereocenters. The molecule has 90 valence electrons. The third kappa shape index (κ3) is 2.33. The van der Waals surface area contributed by atoms with Crippen molar-refractivity contribution in [2.24, 2.45) is 5.92 Å². The molecular weight excluding hydrogens is 216 g/mol. The fourth-order valence-electron chi connectivity index (χ4n) is 2.92. The Balaban J connectivity index is 2.20. The minimum Gasteiger partial charge on any atom is -0.384 e. The fraction of sp³-hybridized carbons (Fsp3) is 0.714. The van der Waals surface area contributed by atoms with Crippen molar-refractivity contribution >= 4 is 11.3 Å². The Bertz CT molecular complexity index is 332. The lowest BCUT2D eigenvalue weighted by atomic mass is 9.81. The largest absolute Gasteiger partial charge is 0.384 e. The van der Waals surface area contributed by atoms with Crippen LogP contribution in [-0.2, 0) is 5.60 Å². The molecule has 2 rings (SSSR count). The molecule has 1 saturated carbocycles. The van der Waals surface area contributed by atoms with Crippen LogP contribution in [0.3, 0.4) is 0 Å². The van der Waals surface area contributed by atoms with Crippen molar-refractivity contribution in [2.75, 3.05) is 0 Å². The first kappa shape index (κ1) is 12.1. The molecule has 16 heavy (non-hydrogen) atoms. The predicted octanol–water partition coefficient (Wildman–Crippen LogP) is 4.23. The molecule has 1 N–H and O–H groups in total. The molecule has 1 aromatic rings. The first-order chi connectivity index (χ1) is 7.62. The third-order valence-electron chi connectivity index (χ3n) is 3.97. The van der Waals surface area contributed by atoms with Gasteiger partial charge < -0.3 is 5.11 Å². The van der Waals surface area contributed by atoms with Crippen molar-refractivity contribution in [3.05, 3.63) is 21.9 Å². The van der Waals surface area contributed by atoms with Gasteiger partial charge in [-0.2, -0.15) is 0 Å². The summed E-state index contributed by atoms with van der Waals surface area (Å²) in [7, 11) is 0. The highest BCUT2D eigenvalue weighted by Gasteiger charge is 2.35. The summed E-state index contributed by atoms with van der Waals surface area (Å²) in [5.74, 6) is 0.451. The maximum atomic E-state index is 10.8. The normalized spacial score (nSPS) is 22.7. The van der Waals surface area contributed by atoms with Crippen LogP contribution in [0.4, 0.5) is 0 Å². The van der Waals surface area contributed by atoms with E-state index in [2.05, 4.69) is 18.4 Å². The summed E-state index contributed by atoms with van der Waals surface area (Å²) in [6, 6.07) is 2.12. The van der Waals surface area contributed by atoms with Gasteiger partial charge in [0.05, 0.1) is 5.60 Å². The maximum absolute atomic E-state index is 10.8. The Morgan fingerprint density at radius 3 is 2.38 bits per heavy atom. The Labute approximate surface area is 103 Å². The molecule has 1 aliphatic carbocycles. The molecule has 0 radical (unpaired) electrons. The van der Waals surface area contributed by atoms with Crippen LogP contribution in [0.25, 0.3) is 0 Å². The minimum atomic E-state index is -0.609. The van der Waals surface area contributed by atoms with Crippen molar-refractivity contribution in [2.45, 2.75) is 58.0 Å². The minimum absolute atomic E-state index is 0.451. The second kappa shape index (κ2) is 4.89. The van der Waals surface area contributed by atoms with Gasteiger partial charge in [-0.15, -0.1) is 11.3 Å². The van der Waals surface area contributed by atoms with Gasteiger partial charge in [0.2, 0.25) is 0 Å². The van der Waals surface area contributed by atoms with Crippen molar-refractivity contribution in [3.8, 4) is 0 Å². The molecular formula is C14H22OS. The van der Waals surface area contributed by atoms with Crippen molar-refractivity contribution in [3.63, 3.8) is 0 Å². The lowest BCUT2D eigenvalue weighted by molar-refractivity contribution is -0.00970. The zero-order valence-corrected chi connectivity index (χ0v) is 11.1. The van der Waals surface area contributed by atoms with Gasteiger partial charge in [0.25, 0.3) is 0 Å². The second-order valence-corrected chi connectivity index (χ2v) is 6.18. The highest BCUT2D eigenvalue weighted by atomic mass is 32.1. The lowest BCUT2D eigenvalue weighted by Gasteiger charge is -2.32. The summed E-state index contributed by atoms with van der Waals surface area (Å²) < 4.78 is 0. The molecule has 0 amide bonds. The van der Waals surface area contributed by atoms with E-state index in [1.165, 1.54) is 49.0 Å². The molecule has 1 atom stereocenters. The zero-order valence-electron chi connectivity index (χ0n) is 10.3. The van der Waals surface area contributed by atoms with Gasteiger partial charge in [-0.3, -0.25) is 0 Å². The van der Waals surface area contributed by atoms with Gasteiger partial charge in [-0.05, 0) is 49.6 Å². The molecule has 0 saturated heterocycles. The summed E-state index contributed by atoms with van der Waals surface area (Å²) in [6.45, 7) is 4.12. The van der Waals surface area contributed by atoms with Crippen molar-refractivity contribution in [1.82, 2.24) is 0 Å². The fourth-order valence-corrected chi connectivity index (χ4v) is 3.99. The molecule has 1 aliphatic rings. The number of rotatable bonds is 2. The first-order valence-electron chi connectivity index (χ1n) is 6.39. The van der Waals surface area contributed by atoms with E-state index in [1.54, 1.807) is 11.3 Å².